The van der Waals surface area contributed by atoms with E-state index in [4.69, 9.17) is 0 Å². The molecule has 0 saturated carbocycles. The number of aryl methyl sites for hydroxylation is 1. The minimum atomic E-state index is -3.41. The van der Waals surface area contributed by atoms with Gasteiger partial charge in [0.05, 0.1) is 15.6 Å². The fourth-order valence-electron chi connectivity index (χ4n) is 2.51. The summed E-state index contributed by atoms with van der Waals surface area (Å²) in [7, 11) is -3.41. The highest BCUT2D eigenvalue weighted by atomic mass is 32.2. The summed E-state index contributed by atoms with van der Waals surface area (Å²) in [6.07, 6.45) is 2.02. The van der Waals surface area contributed by atoms with Gasteiger partial charge in [-0.15, -0.1) is 22.7 Å². The van der Waals surface area contributed by atoms with E-state index in [0.717, 1.165) is 41.5 Å². The smallest absolute Gasteiger partial charge is 0.250 e. The van der Waals surface area contributed by atoms with E-state index < -0.39 is 10.0 Å². The number of nitrogens with one attached hydrogen (secondary N) is 2. The zero-order valence-electron chi connectivity index (χ0n) is 12.3. The molecule has 3 heterocycles. The van der Waals surface area contributed by atoms with Gasteiger partial charge in [0.15, 0.2) is 0 Å². The molecule has 1 unspecified atom stereocenters. The standard InChI is InChI=1S/C14H19N3O2S3/c1-10-17-12(9-20-10)13-2-3-14(21-13)22(18,19)16-7-5-11-4-6-15-8-11/h2-3,9,11,15-16H,4-8H2,1H3. The van der Waals surface area contributed by atoms with Crippen molar-refractivity contribution in [2.75, 3.05) is 19.6 Å². The van der Waals surface area contributed by atoms with Gasteiger partial charge in [-0.25, -0.2) is 18.1 Å². The highest BCUT2D eigenvalue weighted by Crippen LogP contribution is 2.31. The second-order valence-electron chi connectivity index (χ2n) is 5.42. The van der Waals surface area contributed by atoms with E-state index in [1.54, 1.807) is 17.4 Å². The number of aromatic nitrogens is 1. The molecule has 0 radical (unpaired) electrons. The molecule has 0 amide bonds. The van der Waals surface area contributed by atoms with E-state index >= 15 is 0 Å². The number of rotatable bonds is 6. The maximum atomic E-state index is 12.3. The molecule has 2 N–H and O–H groups in total. The SMILES string of the molecule is Cc1nc(-c2ccc(S(=O)(=O)NCCC3CCNC3)s2)cs1. The third-order valence-electron chi connectivity index (χ3n) is 3.72. The third-order valence-corrected chi connectivity index (χ3v) is 7.56. The summed E-state index contributed by atoms with van der Waals surface area (Å²) in [4.78, 5) is 5.29. The summed E-state index contributed by atoms with van der Waals surface area (Å²) in [5.41, 5.74) is 0.853. The Labute approximate surface area is 138 Å². The number of sulfonamides is 1. The molecule has 0 aromatic carbocycles. The zero-order valence-corrected chi connectivity index (χ0v) is 14.8. The third kappa shape index (κ3) is 3.75. The Morgan fingerprint density at radius 1 is 1.45 bits per heavy atom. The van der Waals surface area contributed by atoms with E-state index in [0.29, 0.717) is 16.7 Å². The molecular weight excluding hydrogens is 338 g/mol. The Morgan fingerprint density at radius 3 is 3.00 bits per heavy atom. The summed E-state index contributed by atoms with van der Waals surface area (Å²) in [6, 6.07) is 3.49. The van der Waals surface area contributed by atoms with Crippen LogP contribution >= 0.6 is 22.7 Å². The molecule has 22 heavy (non-hydrogen) atoms. The molecule has 0 spiro atoms. The van der Waals surface area contributed by atoms with E-state index in [1.165, 1.54) is 11.3 Å². The molecule has 2 aromatic rings. The van der Waals surface area contributed by atoms with E-state index in [1.807, 2.05) is 18.4 Å². The fraction of sp³-hybridized carbons (Fsp3) is 0.500. The van der Waals surface area contributed by atoms with E-state index in [9.17, 15) is 8.42 Å². The fourth-order valence-corrected chi connectivity index (χ4v) is 5.55. The van der Waals surface area contributed by atoms with Gasteiger partial charge >= 0.3 is 0 Å². The van der Waals surface area contributed by atoms with Crippen LogP contribution < -0.4 is 10.0 Å². The zero-order chi connectivity index (χ0) is 15.6. The first kappa shape index (κ1) is 16.1. The molecular formula is C14H19N3O2S3. The second-order valence-corrected chi connectivity index (χ2v) is 9.56. The maximum Gasteiger partial charge on any atom is 0.250 e. The molecule has 0 aliphatic carbocycles. The number of hydrogen-bond acceptors (Lipinski definition) is 6. The van der Waals surface area contributed by atoms with Gasteiger partial charge in [0.2, 0.25) is 10.0 Å². The maximum absolute atomic E-state index is 12.3. The van der Waals surface area contributed by atoms with Crippen molar-refractivity contribution in [3.05, 3.63) is 22.5 Å². The minimum absolute atomic E-state index is 0.359. The molecule has 120 valence electrons. The van der Waals surface area contributed by atoms with Gasteiger partial charge < -0.3 is 5.32 Å². The van der Waals surface area contributed by atoms with Gasteiger partial charge in [-0.05, 0) is 50.9 Å². The Kier molecular flexibility index (Phi) is 4.94. The molecule has 2 aromatic heterocycles. The summed E-state index contributed by atoms with van der Waals surface area (Å²) >= 11 is 2.84. The summed E-state index contributed by atoms with van der Waals surface area (Å²) in [5, 5.41) is 6.23. The van der Waals surface area contributed by atoms with Crippen LogP contribution in [0.1, 0.15) is 17.8 Å². The Hall–Kier alpha value is -0.800. The van der Waals surface area contributed by atoms with E-state index in [2.05, 4.69) is 15.0 Å². The lowest BCUT2D eigenvalue weighted by molar-refractivity contribution is 0.520. The quantitative estimate of drug-likeness (QED) is 0.833. The number of hydrogen-bond donors (Lipinski definition) is 2. The van der Waals surface area contributed by atoms with Crippen molar-refractivity contribution >= 4 is 32.7 Å². The predicted octanol–water partition coefficient (Wildman–Crippen LogP) is 2.46. The molecule has 5 nitrogen and oxygen atoms in total. The summed E-state index contributed by atoms with van der Waals surface area (Å²) < 4.78 is 27.7. The van der Waals surface area contributed by atoms with Gasteiger partial charge in [-0.3, -0.25) is 0 Å². The van der Waals surface area contributed by atoms with Crippen LogP contribution in [0, 0.1) is 12.8 Å². The number of thiazole rings is 1. The highest BCUT2D eigenvalue weighted by Gasteiger charge is 2.19. The van der Waals surface area contributed by atoms with Crippen LogP contribution in [-0.4, -0.2) is 33.0 Å². The minimum Gasteiger partial charge on any atom is -0.316 e. The van der Waals surface area contributed by atoms with Crippen LogP contribution in [-0.2, 0) is 10.0 Å². The van der Waals surface area contributed by atoms with Crippen LogP contribution in [0.4, 0.5) is 0 Å². The monoisotopic (exact) mass is 357 g/mol. The first-order valence-electron chi connectivity index (χ1n) is 7.27. The Bertz CT molecular complexity index is 730. The number of thiophene rings is 1. The normalized spacial score (nSPS) is 18.9. The van der Waals surface area contributed by atoms with Crippen molar-refractivity contribution in [2.24, 2.45) is 5.92 Å². The lowest BCUT2D eigenvalue weighted by Crippen LogP contribution is -2.26. The van der Waals surface area contributed by atoms with Crippen LogP contribution in [0.5, 0.6) is 0 Å². The first-order chi connectivity index (χ1) is 10.5. The predicted molar refractivity (Wildman–Crippen MR) is 90.9 cm³/mol. The van der Waals surface area contributed by atoms with Gasteiger partial charge in [-0.1, -0.05) is 0 Å². The highest BCUT2D eigenvalue weighted by molar-refractivity contribution is 7.91. The molecule has 1 aliphatic heterocycles. The van der Waals surface area contributed by atoms with Gasteiger partial charge in [-0.2, -0.15) is 0 Å². The van der Waals surface area contributed by atoms with Crippen molar-refractivity contribution in [1.29, 1.82) is 0 Å². The topological polar surface area (TPSA) is 71.1 Å². The van der Waals surface area contributed by atoms with Crippen molar-refractivity contribution in [2.45, 2.75) is 24.0 Å². The molecule has 1 aliphatic rings. The Balaban J connectivity index is 1.63. The lowest BCUT2D eigenvalue weighted by Gasteiger charge is -2.08. The summed E-state index contributed by atoms with van der Waals surface area (Å²) in [5.74, 6) is 0.583. The lowest BCUT2D eigenvalue weighted by atomic mass is 10.1. The molecule has 8 heteroatoms. The summed E-state index contributed by atoms with van der Waals surface area (Å²) in [6.45, 7) is 4.48. The van der Waals surface area contributed by atoms with E-state index in [-0.39, 0.29) is 0 Å². The van der Waals surface area contributed by atoms with Crippen molar-refractivity contribution in [1.82, 2.24) is 15.0 Å². The second kappa shape index (κ2) is 6.76. The van der Waals surface area contributed by atoms with Crippen molar-refractivity contribution in [3.63, 3.8) is 0 Å². The average Bonchev–Trinajstić information content (AvgIpc) is 3.18. The largest absolute Gasteiger partial charge is 0.316 e. The molecule has 3 rings (SSSR count). The molecule has 1 atom stereocenters. The number of nitrogens with zero attached hydrogens (tertiary/aromatic N) is 1. The molecule has 1 saturated heterocycles. The van der Waals surface area contributed by atoms with Crippen LogP contribution in [0.2, 0.25) is 0 Å². The average molecular weight is 358 g/mol. The first-order valence-corrected chi connectivity index (χ1v) is 10.5. The Morgan fingerprint density at radius 2 is 2.32 bits per heavy atom. The molecule has 0 bridgehead atoms. The van der Waals surface area contributed by atoms with Crippen LogP contribution in [0.3, 0.4) is 0 Å². The van der Waals surface area contributed by atoms with Gasteiger partial charge in [0, 0.05) is 11.9 Å². The van der Waals surface area contributed by atoms with Gasteiger partial charge in [0.25, 0.3) is 0 Å². The van der Waals surface area contributed by atoms with Crippen molar-refractivity contribution < 1.29 is 8.42 Å². The molecule has 1 fully saturated rings. The van der Waals surface area contributed by atoms with Gasteiger partial charge in [0.1, 0.15) is 4.21 Å². The van der Waals surface area contributed by atoms with Crippen LogP contribution in [0.15, 0.2) is 21.7 Å². The van der Waals surface area contributed by atoms with Crippen LogP contribution in [0.25, 0.3) is 10.6 Å². The van der Waals surface area contributed by atoms with Crippen molar-refractivity contribution in [3.8, 4) is 10.6 Å².